The number of nitrogens with zero attached hydrogens (tertiary/aromatic N) is 3. The quantitative estimate of drug-likeness (QED) is 0.681. The molecule has 0 saturated carbocycles. The molecule has 1 N–H and O–H groups in total. The van der Waals surface area contributed by atoms with Crippen LogP contribution in [0, 0.1) is 6.92 Å². The maximum absolute atomic E-state index is 13.3. The van der Waals surface area contributed by atoms with Gasteiger partial charge in [0.15, 0.2) is 10.9 Å². The third kappa shape index (κ3) is 3.31. The van der Waals surface area contributed by atoms with Crippen molar-refractivity contribution in [2.45, 2.75) is 33.7 Å². The van der Waals surface area contributed by atoms with Crippen molar-refractivity contribution in [1.29, 1.82) is 0 Å². The molecule has 0 aliphatic carbocycles. The van der Waals surface area contributed by atoms with Crippen LogP contribution >= 0.6 is 11.3 Å². The molecule has 0 radical (unpaired) electrons. The summed E-state index contributed by atoms with van der Waals surface area (Å²) in [6, 6.07) is 7.75. The first kappa shape index (κ1) is 18.7. The topological polar surface area (TPSA) is 75.2 Å². The Balaban J connectivity index is 1.79. The van der Waals surface area contributed by atoms with Gasteiger partial charge in [0.2, 0.25) is 0 Å². The molecule has 1 aliphatic heterocycles. The lowest BCUT2D eigenvalue weighted by molar-refractivity contribution is 0.101. The molecule has 7 heteroatoms. The zero-order chi connectivity index (χ0) is 19.8. The van der Waals surface area contributed by atoms with E-state index in [1.807, 2.05) is 24.3 Å². The summed E-state index contributed by atoms with van der Waals surface area (Å²) in [6.45, 7) is 8.01. The van der Waals surface area contributed by atoms with E-state index < -0.39 is 0 Å². The van der Waals surface area contributed by atoms with Gasteiger partial charge in [-0.1, -0.05) is 36.5 Å². The van der Waals surface area contributed by atoms with Gasteiger partial charge >= 0.3 is 0 Å². The number of hydrogen-bond donors (Lipinski definition) is 1. The SMILES string of the molecule is CCN1CCc2nc3ccccc3c(C(=O)Nc3nc(C)c(C(C)=O)s3)c2C1. The van der Waals surface area contributed by atoms with E-state index in [2.05, 4.69) is 22.1 Å². The minimum Gasteiger partial charge on any atom is -0.299 e. The van der Waals surface area contributed by atoms with Crippen molar-refractivity contribution in [3.8, 4) is 0 Å². The summed E-state index contributed by atoms with van der Waals surface area (Å²) >= 11 is 1.22. The maximum atomic E-state index is 13.3. The van der Waals surface area contributed by atoms with Crippen LogP contribution in [0.5, 0.6) is 0 Å². The molecule has 1 aliphatic rings. The van der Waals surface area contributed by atoms with E-state index in [-0.39, 0.29) is 11.7 Å². The van der Waals surface area contributed by atoms with Gasteiger partial charge in [-0.05, 0) is 19.5 Å². The third-order valence-electron chi connectivity index (χ3n) is 5.14. The smallest absolute Gasteiger partial charge is 0.258 e. The number of likely N-dealkylation sites (N-methyl/N-ethyl adjacent to an activating group) is 1. The Kier molecular flexibility index (Phi) is 4.95. The fourth-order valence-corrected chi connectivity index (χ4v) is 4.57. The molecule has 2 aromatic heterocycles. The summed E-state index contributed by atoms with van der Waals surface area (Å²) in [6.07, 6.45) is 0.832. The van der Waals surface area contributed by atoms with Crippen molar-refractivity contribution in [1.82, 2.24) is 14.9 Å². The van der Waals surface area contributed by atoms with E-state index >= 15 is 0 Å². The van der Waals surface area contributed by atoms with E-state index in [9.17, 15) is 9.59 Å². The lowest BCUT2D eigenvalue weighted by Crippen LogP contribution is -2.33. The number of carbonyl (C=O) groups excluding carboxylic acids is 2. The largest absolute Gasteiger partial charge is 0.299 e. The predicted octanol–water partition coefficient (Wildman–Crippen LogP) is 3.83. The van der Waals surface area contributed by atoms with Crippen LogP contribution in [-0.2, 0) is 13.0 Å². The number of benzene rings is 1. The van der Waals surface area contributed by atoms with Gasteiger partial charge in [0.25, 0.3) is 5.91 Å². The zero-order valence-corrected chi connectivity index (χ0v) is 17.0. The summed E-state index contributed by atoms with van der Waals surface area (Å²) < 4.78 is 0. The highest BCUT2D eigenvalue weighted by atomic mass is 32.1. The van der Waals surface area contributed by atoms with Crippen LogP contribution in [0.1, 0.15) is 50.8 Å². The number of anilines is 1. The number of nitrogens with one attached hydrogen (secondary N) is 1. The Morgan fingerprint density at radius 3 is 2.75 bits per heavy atom. The molecule has 0 unspecified atom stereocenters. The monoisotopic (exact) mass is 394 g/mol. The average Bonchev–Trinajstić information content (AvgIpc) is 3.05. The number of aryl methyl sites for hydroxylation is 1. The molecule has 28 heavy (non-hydrogen) atoms. The molecule has 1 amide bonds. The number of ketones is 1. The molecule has 0 atom stereocenters. The average molecular weight is 395 g/mol. The number of hydrogen-bond acceptors (Lipinski definition) is 6. The lowest BCUT2D eigenvalue weighted by Gasteiger charge is -2.29. The van der Waals surface area contributed by atoms with Crippen molar-refractivity contribution >= 4 is 39.1 Å². The summed E-state index contributed by atoms with van der Waals surface area (Å²) in [4.78, 5) is 37.1. The number of thiazole rings is 1. The number of para-hydroxylation sites is 1. The molecular formula is C21H22N4O2S. The number of amides is 1. The Bertz CT molecular complexity index is 1090. The van der Waals surface area contributed by atoms with Gasteiger partial charge in [-0.3, -0.25) is 24.8 Å². The molecule has 6 nitrogen and oxygen atoms in total. The Morgan fingerprint density at radius 1 is 1.25 bits per heavy atom. The number of aromatic nitrogens is 2. The number of rotatable bonds is 4. The minimum absolute atomic E-state index is 0.0409. The summed E-state index contributed by atoms with van der Waals surface area (Å²) in [5.74, 6) is -0.238. The molecule has 0 saturated heterocycles. The molecule has 144 valence electrons. The molecule has 3 heterocycles. The van der Waals surface area contributed by atoms with E-state index in [0.717, 1.165) is 41.7 Å². The van der Waals surface area contributed by atoms with Crippen molar-refractivity contribution in [2.24, 2.45) is 0 Å². The van der Waals surface area contributed by atoms with Crippen LogP contribution in [0.25, 0.3) is 10.9 Å². The van der Waals surface area contributed by atoms with E-state index in [0.29, 0.717) is 27.8 Å². The lowest BCUT2D eigenvalue weighted by atomic mass is 9.95. The van der Waals surface area contributed by atoms with Gasteiger partial charge in [-0.15, -0.1) is 0 Å². The molecule has 0 spiro atoms. The number of fused-ring (bicyclic) bond motifs is 2. The highest BCUT2D eigenvalue weighted by Crippen LogP contribution is 2.30. The molecule has 0 fully saturated rings. The van der Waals surface area contributed by atoms with Gasteiger partial charge in [0.05, 0.1) is 21.7 Å². The van der Waals surface area contributed by atoms with Gasteiger partial charge < -0.3 is 0 Å². The van der Waals surface area contributed by atoms with Crippen molar-refractivity contribution in [3.05, 3.63) is 51.7 Å². The Labute approximate surface area is 167 Å². The third-order valence-corrected chi connectivity index (χ3v) is 6.31. The fourth-order valence-electron chi connectivity index (χ4n) is 3.71. The standard InChI is InChI=1S/C21H22N4O2S/c1-4-25-10-9-17-15(11-25)18(14-7-5-6-8-16(14)23-17)20(27)24-21-22-12(2)19(28-21)13(3)26/h5-8H,4,9-11H2,1-3H3,(H,22,24,27). The van der Waals surface area contributed by atoms with Crippen LogP contribution < -0.4 is 5.32 Å². The van der Waals surface area contributed by atoms with Crippen LogP contribution in [0.4, 0.5) is 5.13 Å². The first-order valence-electron chi connectivity index (χ1n) is 9.40. The first-order chi connectivity index (χ1) is 13.5. The van der Waals surface area contributed by atoms with Crippen LogP contribution in [0.15, 0.2) is 24.3 Å². The molecular weight excluding hydrogens is 372 g/mol. The maximum Gasteiger partial charge on any atom is 0.258 e. The zero-order valence-electron chi connectivity index (χ0n) is 16.2. The number of carbonyl (C=O) groups is 2. The Hall–Kier alpha value is -2.64. The summed E-state index contributed by atoms with van der Waals surface area (Å²) in [5.41, 5.74) is 4.12. The predicted molar refractivity (Wildman–Crippen MR) is 111 cm³/mol. The first-order valence-corrected chi connectivity index (χ1v) is 10.2. The number of pyridine rings is 1. The highest BCUT2D eigenvalue weighted by molar-refractivity contribution is 7.17. The van der Waals surface area contributed by atoms with Crippen molar-refractivity contribution < 1.29 is 9.59 Å². The summed E-state index contributed by atoms with van der Waals surface area (Å²) in [7, 11) is 0. The second-order valence-electron chi connectivity index (χ2n) is 6.99. The van der Waals surface area contributed by atoms with E-state index in [1.54, 1.807) is 6.92 Å². The van der Waals surface area contributed by atoms with Crippen LogP contribution in [0.3, 0.4) is 0 Å². The van der Waals surface area contributed by atoms with Gasteiger partial charge in [0, 0.05) is 43.1 Å². The van der Waals surface area contributed by atoms with Crippen molar-refractivity contribution in [2.75, 3.05) is 18.4 Å². The van der Waals surface area contributed by atoms with Gasteiger partial charge in [-0.2, -0.15) is 0 Å². The Morgan fingerprint density at radius 2 is 2.04 bits per heavy atom. The molecule has 3 aromatic rings. The fraction of sp³-hybridized carbons (Fsp3) is 0.333. The summed E-state index contributed by atoms with van der Waals surface area (Å²) in [5, 5.41) is 4.21. The van der Waals surface area contributed by atoms with Crippen LogP contribution in [0.2, 0.25) is 0 Å². The van der Waals surface area contributed by atoms with Gasteiger partial charge in [0.1, 0.15) is 0 Å². The minimum atomic E-state index is -0.198. The van der Waals surface area contributed by atoms with Crippen molar-refractivity contribution in [3.63, 3.8) is 0 Å². The van der Waals surface area contributed by atoms with Gasteiger partial charge in [-0.25, -0.2) is 4.98 Å². The molecule has 0 bridgehead atoms. The number of Topliss-reactive ketones (excluding diaryl/α,β-unsaturated/α-hetero) is 1. The van der Waals surface area contributed by atoms with E-state index in [1.165, 1.54) is 18.3 Å². The van der Waals surface area contributed by atoms with E-state index in [4.69, 9.17) is 4.98 Å². The second-order valence-corrected chi connectivity index (χ2v) is 7.99. The normalized spacial score (nSPS) is 14.1. The highest BCUT2D eigenvalue weighted by Gasteiger charge is 2.26. The molecule has 4 rings (SSSR count). The second kappa shape index (κ2) is 7.41. The van der Waals surface area contributed by atoms with Crippen LogP contribution in [-0.4, -0.2) is 39.6 Å². The molecule has 1 aromatic carbocycles.